The lowest BCUT2D eigenvalue weighted by molar-refractivity contribution is -0.203. The Morgan fingerprint density at radius 2 is 1.67 bits per heavy atom. The van der Waals surface area contributed by atoms with E-state index in [1.807, 2.05) is 24.3 Å². The fourth-order valence-corrected chi connectivity index (χ4v) is 12.3. The number of benzene rings is 2. The summed E-state index contributed by atoms with van der Waals surface area (Å²) in [5.41, 5.74) is 0.416. The zero-order valence-electron chi connectivity index (χ0n) is 27.5. The number of sulfonamides is 1. The molecule has 2 aromatic rings. The molecule has 0 radical (unpaired) electrons. The van der Waals surface area contributed by atoms with Gasteiger partial charge in [0.1, 0.15) is 0 Å². The van der Waals surface area contributed by atoms with E-state index >= 15 is 0 Å². The summed E-state index contributed by atoms with van der Waals surface area (Å²) in [6.07, 6.45) is 9.79. The van der Waals surface area contributed by atoms with Crippen LogP contribution < -0.4 is 10.0 Å². The first-order valence-corrected chi connectivity index (χ1v) is 19.0. The second kappa shape index (κ2) is 12.5. The normalized spacial score (nSPS) is 38.5. The molecule has 2 amide bonds. The number of aliphatic hydroxyl groups is 2. The molecule has 4 aliphatic carbocycles. The van der Waals surface area contributed by atoms with Crippen LogP contribution in [0.15, 0.2) is 47.4 Å². The van der Waals surface area contributed by atoms with Crippen molar-refractivity contribution in [3.63, 3.8) is 0 Å². The largest absolute Gasteiger partial charge is 0.393 e. The van der Waals surface area contributed by atoms with Gasteiger partial charge in [-0.15, -0.1) is 0 Å². The first-order valence-electron chi connectivity index (χ1n) is 17.5. The Kier molecular flexibility index (Phi) is 9.07. The van der Waals surface area contributed by atoms with E-state index in [2.05, 4.69) is 37.7 Å². The van der Waals surface area contributed by atoms with Crippen molar-refractivity contribution in [1.82, 2.24) is 10.0 Å². The molecule has 45 heavy (non-hydrogen) atoms. The lowest BCUT2D eigenvalue weighted by atomic mass is 9.41. The fourth-order valence-electron chi connectivity index (χ4n) is 11.3. The monoisotopic (exact) mass is 638 g/mol. The van der Waals surface area contributed by atoms with E-state index in [-0.39, 0.29) is 33.9 Å². The van der Waals surface area contributed by atoms with Crippen LogP contribution in [0.2, 0.25) is 0 Å². The summed E-state index contributed by atoms with van der Waals surface area (Å²) in [6.45, 7) is 9.98. The van der Waals surface area contributed by atoms with Gasteiger partial charge in [0.2, 0.25) is 0 Å². The van der Waals surface area contributed by atoms with Crippen molar-refractivity contribution in [2.24, 2.45) is 52.3 Å². The Bertz CT molecular complexity index is 1500. The Morgan fingerprint density at radius 3 is 2.42 bits per heavy atom. The van der Waals surface area contributed by atoms with Crippen LogP contribution in [0.25, 0.3) is 10.8 Å². The number of rotatable bonds is 8. The molecule has 2 unspecified atom stereocenters. The van der Waals surface area contributed by atoms with Crippen LogP contribution in [0.3, 0.4) is 0 Å². The molecule has 8 heteroatoms. The predicted molar refractivity (Wildman–Crippen MR) is 178 cm³/mol. The van der Waals surface area contributed by atoms with Crippen LogP contribution in [-0.4, -0.2) is 43.4 Å². The number of fused-ring (bicyclic) bond motifs is 6. The highest BCUT2D eigenvalue weighted by Gasteiger charge is 2.64. The van der Waals surface area contributed by atoms with E-state index < -0.39 is 16.1 Å². The van der Waals surface area contributed by atoms with Crippen molar-refractivity contribution in [2.75, 3.05) is 6.54 Å². The number of nitrogens with one attached hydrogen (secondary N) is 2. The number of carbonyl (C=O) groups is 1. The molecule has 11 atom stereocenters. The summed E-state index contributed by atoms with van der Waals surface area (Å²) in [4.78, 5) is 12.6. The average molecular weight is 639 g/mol. The molecule has 7 nitrogen and oxygen atoms in total. The molecule has 0 aliphatic heterocycles. The Hall–Kier alpha value is -2.16. The minimum Gasteiger partial charge on any atom is -0.393 e. The fraction of sp³-hybridized carbons (Fsp3) is 0.703. The molecule has 2 aromatic carbocycles. The van der Waals surface area contributed by atoms with Gasteiger partial charge >= 0.3 is 6.03 Å². The molecular weight excluding hydrogens is 584 g/mol. The van der Waals surface area contributed by atoms with E-state index in [0.29, 0.717) is 42.1 Å². The van der Waals surface area contributed by atoms with Crippen molar-refractivity contribution in [2.45, 2.75) is 109 Å². The highest BCUT2D eigenvalue weighted by Crippen LogP contribution is 2.69. The van der Waals surface area contributed by atoms with Crippen LogP contribution in [-0.2, 0) is 10.0 Å². The molecule has 4 saturated carbocycles. The summed E-state index contributed by atoms with van der Waals surface area (Å²) in [6, 6.07) is 11.7. The Labute approximate surface area is 270 Å². The molecular formula is C37H54N2O5S. The molecule has 0 spiro atoms. The highest BCUT2D eigenvalue weighted by atomic mass is 32.2. The average Bonchev–Trinajstić information content (AvgIpc) is 3.37. The number of amides is 2. The lowest BCUT2D eigenvalue weighted by Gasteiger charge is -2.64. The predicted octanol–water partition coefficient (Wildman–Crippen LogP) is 6.87. The van der Waals surface area contributed by atoms with E-state index in [0.717, 1.165) is 49.3 Å². The number of hydrogen-bond acceptors (Lipinski definition) is 5. The van der Waals surface area contributed by atoms with Crippen LogP contribution in [0, 0.1) is 52.3 Å². The SMILES string of the molecule is CC[C@@H]1C2C[C@H](O)CCC2(C)[C@H]2CC[C@]3(C)[C@@H]([C@H](C)CCCNC(=O)NS(=O)(=O)c4ccc5ccccc5c4)CC[C@H]3[C@@H]2[C@@H]1O. The van der Waals surface area contributed by atoms with Gasteiger partial charge in [0, 0.05) is 6.54 Å². The summed E-state index contributed by atoms with van der Waals surface area (Å²) in [5, 5.41) is 27.0. The van der Waals surface area contributed by atoms with Gasteiger partial charge in [0.25, 0.3) is 10.0 Å². The summed E-state index contributed by atoms with van der Waals surface area (Å²) in [7, 11) is -3.97. The maximum Gasteiger partial charge on any atom is 0.328 e. The topological polar surface area (TPSA) is 116 Å². The third-order valence-corrected chi connectivity index (χ3v) is 14.9. The zero-order valence-corrected chi connectivity index (χ0v) is 28.4. The highest BCUT2D eigenvalue weighted by molar-refractivity contribution is 7.90. The first kappa shape index (κ1) is 32.8. The molecule has 0 saturated heterocycles. The van der Waals surface area contributed by atoms with Gasteiger partial charge in [-0.05, 0) is 133 Å². The molecule has 0 bridgehead atoms. The second-order valence-corrected chi connectivity index (χ2v) is 17.3. The van der Waals surface area contributed by atoms with Gasteiger partial charge in [0.05, 0.1) is 17.1 Å². The second-order valence-electron chi connectivity index (χ2n) is 15.6. The van der Waals surface area contributed by atoms with Crippen molar-refractivity contribution >= 4 is 26.8 Å². The number of urea groups is 1. The minimum atomic E-state index is -3.97. The quantitative estimate of drug-likeness (QED) is 0.236. The van der Waals surface area contributed by atoms with Gasteiger partial charge in [-0.1, -0.05) is 64.4 Å². The van der Waals surface area contributed by atoms with E-state index in [4.69, 9.17) is 0 Å². The standard InChI is InChI=1S/C37H54N2O5S/c1-5-28-32-22-26(40)16-18-37(32,4)31-17-19-36(3)29(14-15-30(36)33(31)34(28)41)23(2)9-8-20-38-35(42)39-45(43,44)27-13-12-24-10-6-7-11-25(24)21-27/h6-7,10-13,21,23,26,28-34,40-41H,5,8-9,14-20,22H2,1-4H3,(H2,38,39,42)/t23-,26-,28-,29-,30+,31+,32?,33+,34-,36-,37?/m1/s1. The van der Waals surface area contributed by atoms with Gasteiger partial charge in [-0.3, -0.25) is 0 Å². The number of aliphatic hydroxyl groups excluding tert-OH is 2. The molecule has 0 heterocycles. The third-order valence-electron chi connectivity index (χ3n) is 13.5. The Balaban J connectivity index is 1.04. The maximum absolute atomic E-state index is 12.8. The third kappa shape index (κ3) is 5.82. The molecule has 0 aromatic heterocycles. The van der Waals surface area contributed by atoms with Crippen molar-refractivity contribution in [3.05, 3.63) is 42.5 Å². The molecule has 4 fully saturated rings. The van der Waals surface area contributed by atoms with Crippen LogP contribution in [0.5, 0.6) is 0 Å². The Morgan fingerprint density at radius 1 is 0.956 bits per heavy atom. The summed E-state index contributed by atoms with van der Waals surface area (Å²) >= 11 is 0. The lowest BCUT2D eigenvalue weighted by Crippen LogP contribution is -2.62. The van der Waals surface area contributed by atoms with Crippen LogP contribution in [0.1, 0.15) is 91.9 Å². The minimum absolute atomic E-state index is 0.0719. The summed E-state index contributed by atoms with van der Waals surface area (Å²) < 4.78 is 27.9. The van der Waals surface area contributed by atoms with Crippen molar-refractivity contribution in [1.29, 1.82) is 0 Å². The van der Waals surface area contributed by atoms with Crippen LogP contribution in [0.4, 0.5) is 4.79 Å². The van der Waals surface area contributed by atoms with Gasteiger partial charge in [-0.2, -0.15) is 0 Å². The molecule has 6 rings (SSSR count). The maximum atomic E-state index is 12.8. The number of carbonyl (C=O) groups excluding carboxylic acids is 1. The smallest absolute Gasteiger partial charge is 0.328 e. The van der Waals surface area contributed by atoms with Crippen LogP contribution >= 0.6 is 0 Å². The molecule has 4 aliphatic rings. The van der Waals surface area contributed by atoms with E-state index in [9.17, 15) is 23.4 Å². The zero-order chi connectivity index (χ0) is 32.1. The number of hydrogen-bond donors (Lipinski definition) is 4. The molecule has 248 valence electrons. The van der Waals surface area contributed by atoms with E-state index in [1.54, 1.807) is 12.1 Å². The van der Waals surface area contributed by atoms with E-state index in [1.165, 1.54) is 31.7 Å². The molecule has 4 N–H and O–H groups in total. The summed E-state index contributed by atoms with van der Waals surface area (Å²) in [5.74, 6) is 3.16. The van der Waals surface area contributed by atoms with Gasteiger partial charge in [0.15, 0.2) is 0 Å². The van der Waals surface area contributed by atoms with Crippen molar-refractivity contribution in [3.8, 4) is 0 Å². The first-order chi connectivity index (χ1) is 21.4. The van der Waals surface area contributed by atoms with Gasteiger partial charge in [-0.25, -0.2) is 17.9 Å². The van der Waals surface area contributed by atoms with Gasteiger partial charge < -0.3 is 15.5 Å². The van der Waals surface area contributed by atoms with Crippen molar-refractivity contribution < 1.29 is 23.4 Å².